The second-order valence-corrected chi connectivity index (χ2v) is 4.92. The Morgan fingerprint density at radius 3 is 2.70 bits per heavy atom. The molecule has 0 aliphatic carbocycles. The Balaban J connectivity index is 2.28. The van der Waals surface area contributed by atoms with Crippen LogP contribution in [0.3, 0.4) is 0 Å². The molecule has 5 nitrogen and oxygen atoms in total. The van der Waals surface area contributed by atoms with Gasteiger partial charge in [0.1, 0.15) is 5.52 Å². The molecule has 8 heteroatoms. The number of hydrogen-bond donors (Lipinski definition) is 2. The number of nitrogens with two attached hydrogens (primary N) is 1. The van der Waals surface area contributed by atoms with Crippen LogP contribution in [0.4, 0.5) is 19.0 Å². The highest BCUT2D eigenvalue weighted by molar-refractivity contribution is 5.67. The Kier molecular flexibility index (Phi) is 3.85. The lowest BCUT2D eigenvalue weighted by Gasteiger charge is -2.16. The van der Waals surface area contributed by atoms with E-state index in [0.29, 0.717) is 12.4 Å². The van der Waals surface area contributed by atoms with E-state index in [1.165, 1.54) is 12.4 Å². The van der Waals surface area contributed by atoms with Gasteiger partial charge in [0, 0.05) is 31.0 Å². The zero-order chi connectivity index (χ0) is 14.9. The van der Waals surface area contributed by atoms with Crippen molar-refractivity contribution in [1.82, 2.24) is 14.6 Å². The molecule has 2 aromatic rings. The average molecular weight is 287 g/mol. The molecule has 0 spiro atoms. The molecule has 1 atom stereocenters. The smallest absolute Gasteiger partial charge is 0.367 e. The lowest BCUT2D eigenvalue weighted by Crippen LogP contribution is -2.34. The van der Waals surface area contributed by atoms with Gasteiger partial charge in [0.05, 0.1) is 0 Å². The summed E-state index contributed by atoms with van der Waals surface area (Å²) in [7, 11) is 0. The van der Waals surface area contributed by atoms with Crippen LogP contribution in [0.5, 0.6) is 0 Å². The summed E-state index contributed by atoms with van der Waals surface area (Å²) in [6, 6.07) is 0.859. The minimum Gasteiger partial charge on any atom is -0.367 e. The molecule has 0 amide bonds. The topological polar surface area (TPSA) is 68.2 Å². The van der Waals surface area contributed by atoms with Crippen LogP contribution in [0.2, 0.25) is 0 Å². The van der Waals surface area contributed by atoms with Crippen molar-refractivity contribution in [1.29, 1.82) is 0 Å². The third-order valence-electron chi connectivity index (χ3n) is 3.04. The minimum absolute atomic E-state index is 0.109. The molecule has 2 aromatic heterocycles. The lowest BCUT2D eigenvalue weighted by molar-refractivity contribution is -0.141. The predicted molar refractivity (Wildman–Crippen MR) is 69.3 cm³/mol. The molecule has 1 unspecified atom stereocenters. The SMILES string of the molecule is CC(C)C(N)CNc1nccn2nc(C(F)(F)F)cc12. The summed E-state index contributed by atoms with van der Waals surface area (Å²) >= 11 is 0. The van der Waals surface area contributed by atoms with Crippen LogP contribution >= 0.6 is 0 Å². The maximum Gasteiger partial charge on any atom is 0.435 e. The quantitative estimate of drug-likeness (QED) is 0.904. The maximum atomic E-state index is 12.6. The van der Waals surface area contributed by atoms with Crippen LogP contribution in [0, 0.1) is 5.92 Å². The van der Waals surface area contributed by atoms with E-state index >= 15 is 0 Å². The average Bonchev–Trinajstić information content (AvgIpc) is 2.79. The Bertz CT molecular complexity index is 590. The summed E-state index contributed by atoms with van der Waals surface area (Å²) in [5.41, 5.74) is 5.22. The lowest BCUT2D eigenvalue weighted by atomic mass is 10.1. The fourth-order valence-electron chi connectivity index (χ4n) is 1.65. The number of nitrogens with zero attached hydrogens (tertiary/aromatic N) is 3. The Hall–Kier alpha value is -1.83. The van der Waals surface area contributed by atoms with Gasteiger partial charge in [0.15, 0.2) is 11.5 Å². The Labute approximate surface area is 114 Å². The number of nitrogens with one attached hydrogen (secondary N) is 1. The highest BCUT2D eigenvalue weighted by atomic mass is 19.4. The van der Waals surface area contributed by atoms with Crippen molar-refractivity contribution in [3.8, 4) is 0 Å². The largest absolute Gasteiger partial charge is 0.435 e. The van der Waals surface area contributed by atoms with E-state index in [2.05, 4.69) is 15.4 Å². The van der Waals surface area contributed by atoms with Gasteiger partial charge in [-0.2, -0.15) is 18.3 Å². The Morgan fingerprint density at radius 1 is 1.40 bits per heavy atom. The van der Waals surface area contributed by atoms with Crippen molar-refractivity contribution >= 4 is 11.3 Å². The van der Waals surface area contributed by atoms with Crippen molar-refractivity contribution < 1.29 is 13.2 Å². The van der Waals surface area contributed by atoms with Gasteiger partial charge in [-0.05, 0) is 5.92 Å². The molecule has 20 heavy (non-hydrogen) atoms. The molecule has 0 aliphatic heterocycles. The molecular weight excluding hydrogens is 271 g/mol. The van der Waals surface area contributed by atoms with Crippen molar-refractivity contribution in [3.05, 3.63) is 24.2 Å². The van der Waals surface area contributed by atoms with Crippen molar-refractivity contribution in [2.45, 2.75) is 26.1 Å². The molecule has 0 saturated heterocycles. The molecule has 0 saturated carbocycles. The monoisotopic (exact) mass is 287 g/mol. The molecule has 0 bridgehead atoms. The third kappa shape index (κ3) is 3.01. The van der Waals surface area contributed by atoms with Crippen molar-refractivity contribution in [3.63, 3.8) is 0 Å². The molecular formula is C12H16F3N5. The summed E-state index contributed by atoms with van der Waals surface area (Å²) < 4.78 is 39.1. The summed E-state index contributed by atoms with van der Waals surface area (Å²) in [5.74, 6) is 0.601. The van der Waals surface area contributed by atoms with Gasteiger partial charge in [-0.3, -0.25) is 0 Å². The van der Waals surface area contributed by atoms with Crippen molar-refractivity contribution in [2.24, 2.45) is 11.7 Å². The fraction of sp³-hybridized carbons (Fsp3) is 0.500. The number of hydrogen-bond acceptors (Lipinski definition) is 4. The van der Waals surface area contributed by atoms with E-state index in [-0.39, 0.29) is 17.5 Å². The number of aromatic nitrogens is 3. The van der Waals surface area contributed by atoms with E-state index in [1.807, 2.05) is 13.8 Å². The molecule has 0 fully saturated rings. The maximum absolute atomic E-state index is 12.6. The third-order valence-corrected chi connectivity index (χ3v) is 3.04. The van der Waals surface area contributed by atoms with E-state index < -0.39 is 11.9 Å². The van der Waals surface area contributed by atoms with E-state index in [4.69, 9.17) is 5.73 Å². The standard InChI is InChI=1S/C12H16F3N5/c1-7(2)8(16)6-18-11-9-5-10(12(13,14)15)19-20(9)4-3-17-11/h3-5,7-8H,6,16H2,1-2H3,(H,17,18). The number of alkyl halides is 3. The molecule has 2 heterocycles. The minimum atomic E-state index is -4.47. The van der Waals surface area contributed by atoms with Crippen LogP contribution in [-0.4, -0.2) is 27.2 Å². The van der Waals surface area contributed by atoms with Gasteiger partial charge in [0.25, 0.3) is 0 Å². The highest BCUT2D eigenvalue weighted by Crippen LogP contribution is 2.29. The molecule has 3 N–H and O–H groups in total. The first-order chi connectivity index (χ1) is 9.29. The number of halogens is 3. The van der Waals surface area contributed by atoms with Gasteiger partial charge < -0.3 is 11.1 Å². The first-order valence-corrected chi connectivity index (χ1v) is 6.20. The van der Waals surface area contributed by atoms with Crippen LogP contribution in [0.25, 0.3) is 5.52 Å². The Morgan fingerprint density at radius 2 is 2.10 bits per heavy atom. The highest BCUT2D eigenvalue weighted by Gasteiger charge is 2.34. The number of fused-ring (bicyclic) bond motifs is 1. The molecule has 0 aliphatic rings. The molecule has 2 rings (SSSR count). The van der Waals surface area contributed by atoms with Crippen LogP contribution in [0.15, 0.2) is 18.5 Å². The fourth-order valence-corrected chi connectivity index (χ4v) is 1.65. The second kappa shape index (κ2) is 5.28. The van der Waals surface area contributed by atoms with Gasteiger partial charge in [-0.1, -0.05) is 13.8 Å². The molecule has 0 aromatic carbocycles. The normalized spacial score (nSPS) is 13.9. The van der Waals surface area contributed by atoms with Crippen molar-refractivity contribution in [2.75, 3.05) is 11.9 Å². The van der Waals surface area contributed by atoms with Crippen LogP contribution < -0.4 is 11.1 Å². The van der Waals surface area contributed by atoms with Crippen LogP contribution in [-0.2, 0) is 6.18 Å². The van der Waals surface area contributed by atoms with Gasteiger partial charge in [-0.15, -0.1) is 0 Å². The molecule has 0 radical (unpaired) electrons. The van der Waals surface area contributed by atoms with Gasteiger partial charge >= 0.3 is 6.18 Å². The molecule has 110 valence electrons. The van der Waals surface area contributed by atoms with E-state index in [9.17, 15) is 13.2 Å². The van der Waals surface area contributed by atoms with Gasteiger partial charge in [-0.25, -0.2) is 9.50 Å². The first kappa shape index (κ1) is 14.6. The summed E-state index contributed by atoms with van der Waals surface area (Å²) in [6.07, 6.45) is -1.71. The van der Waals surface area contributed by atoms with Crippen LogP contribution in [0.1, 0.15) is 19.5 Å². The summed E-state index contributed by atoms with van der Waals surface area (Å²) in [5, 5.41) is 6.46. The zero-order valence-corrected chi connectivity index (χ0v) is 11.1. The first-order valence-electron chi connectivity index (χ1n) is 6.20. The predicted octanol–water partition coefficient (Wildman–Crippen LogP) is 2.14. The number of anilines is 1. The van der Waals surface area contributed by atoms with Gasteiger partial charge in [0.2, 0.25) is 0 Å². The van der Waals surface area contributed by atoms with E-state index in [0.717, 1.165) is 10.6 Å². The summed E-state index contributed by atoms with van der Waals surface area (Å²) in [4.78, 5) is 4.04. The second-order valence-electron chi connectivity index (χ2n) is 4.92. The number of rotatable bonds is 4. The summed E-state index contributed by atoms with van der Waals surface area (Å²) in [6.45, 7) is 4.37. The van der Waals surface area contributed by atoms with E-state index in [1.54, 1.807) is 0 Å². The zero-order valence-electron chi connectivity index (χ0n) is 11.1.